The number of aliphatic hydroxyl groups excluding tert-OH is 1. The second-order valence-electron chi connectivity index (χ2n) is 1.10. The summed E-state index contributed by atoms with van der Waals surface area (Å²) in [5.74, 6) is -0.501. The Morgan fingerprint density at radius 3 is 2.50 bits per heavy atom. The fraction of sp³-hybridized carbons (Fsp3) is 0.400. The van der Waals surface area contributed by atoms with Crippen LogP contribution in [0.4, 0.5) is 0 Å². The Balaban J connectivity index is 0. The fourth-order valence-electron chi connectivity index (χ4n) is 0.205. The van der Waals surface area contributed by atoms with E-state index in [1.54, 1.807) is 0 Å². The summed E-state index contributed by atoms with van der Waals surface area (Å²) in [4.78, 5) is 10.1. The van der Waals surface area contributed by atoms with E-state index >= 15 is 0 Å². The van der Waals surface area contributed by atoms with Crippen LogP contribution in [0, 0.1) is 0 Å². The molecule has 0 saturated heterocycles. The first-order chi connectivity index (χ1) is 4.81. The number of esters is 1. The Morgan fingerprint density at radius 1 is 1.70 bits per heavy atom. The topological polar surface area (TPSA) is 63.6 Å². The number of hydrogen-bond donors (Lipinski definition) is 1. The third-order valence-corrected chi connectivity index (χ3v) is 0.502. The molecule has 0 radical (unpaired) electrons. The van der Waals surface area contributed by atoms with E-state index in [0.717, 1.165) is 6.08 Å². The van der Waals surface area contributed by atoms with E-state index < -0.39 is 5.97 Å². The molecule has 0 unspecified atom stereocenters. The number of carbonyl (C=O) groups excluding carboxylic acids is 1. The van der Waals surface area contributed by atoms with Gasteiger partial charge in [-0.25, -0.2) is 4.79 Å². The van der Waals surface area contributed by atoms with Crippen LogP contribution in [0.15, 0.2) is 12.7 Å². The average Bonchev–Trinajstić information content (AvgIpc) is 2.04. The van der Waals surface area contributed by atoms with Gasteiger partial charge in [-0.15, -0.1) is 0 Å². The molecule has 0 bridgehead atoms. The van der Waals surface area contributed by atoms with Crippen LogP contribution in [0.25, 0.3) is 0 Å². The molecule has 10 heavy (non-hydrogen) atoms. The molecule has 0 atom stereocenters. The van der Waals surface area contributed by atoms with E-state index in [0.29, 0.717) is 19.8 Å². The fourth-order valence-corrected chi connectivity index (χ4v) is 0.205. The molecular weight excluding hydrogens is 308 g/mol. The molecule has 1 N–H and O–H groups in total. The molecule has 0 aliphatic carbocycles. The van der Waals surface area contributed by atoms with Gasteiger partial charge in [-0.3, -0.25) is 0 Å². The van der Waals surface area contributed by atoms with Gasteiger partial charge in [0.05, 0.1) is 6.61 Å². The van der Waals surface area contributed by atoms with Crippen LogP contribution in [0.1, 0.15) is 0 Å². The molecule has 0 heterocycles. The maximum absolute atomic E-state index is 10.1. The quantitative estimate of drug-likeness (QED) is 0.568. The predicted molar refractivity (Wildman–Crippen MR) is 28.9 cm³/mol. The van der Waals surface area contributed by atoms with Gasteiger partial charge in [-0.05, 0) is 0 Å². The van der Waals surface area contributed by atoms with Gasteiger partial charge in [-0.2, -0.15) is 0 Å². The van der Waals surface area contributed by atoms with Crippen molar-refractivity contribution in [3.8, 4) is 0 Å². The molecule has 0 rings (SSSR count). The molecule has 0 saturated carbocycles. The van der Waals surface area contributed by atoms with Crippen molar-refractivity contribution in [1.29, 1.82) is 0 Å². The average molecular weight is 316 g/mol. The summed E-state index contributed by atoms with van der Waals surface area (Å²) < 4.78 is 12.7. The first kappa shape index (κ1) is 12.3. The Hall–Kier alpha value is -0.342. The summed E-state index contributed by atoms with van der Waals surface area (Å²) >= 11 is 0.333. The van der Waals surface area contributed by atoms with E-state index in [-0.39, 0.29) is 13.2 Å². The standard InChI is InChI=1S/C5H8O3.O.W/c1-2-5(7)8-4-3-6;;/h2,6H,1,3-4H2;;. The molecule has 0 aromatic rings. The van der Waals surface area contributed by atoms with Gasteiger partial charge in [0.15, 0.2) is 0 Å². The normalized spacial score (nSPS) is 6.90. The van der Waals surface area contributed by atoms with Crippen molar-refractivity contribution in [3.63, 3.8) is 0 Å². The van der Waals surface area contributed by atoms with Crippen molar-refractivity contribution in [3.05, 3.63) is 12.7 Å². The molecule has 58 valence electrons. The van der Waals surface area contributed by atoms with Crippen LogP contribution >= 0.6 is 0 Å². The Morgan fingerprint density at radius 2 is 2.20 bits per heavy atom. The maximum atomic E-state index is 10.1. The van der Waals surface area contributed by atoms with Crippen LogP contribution in [0.2, 0.25) is 0 Å². The Bertz CT molecular complexity index is 104. The first-order valence-electron chi connectivity index (χ1n) is 2.38. The van der Waals surface area contributed by atoms with Gasteiger partial charge in [0.2, 0.25) is 0 Å². The van der Waals surface area contributed by atoms with Crippen LogP contribution in [0.3, 0.4) is 0 Å². The van der Waals surface area contributed by atoms with E-state index in [1.165, 1.54) is 0 Å². The molecule has 0 fully saturated rings. The molecule has 0 aromatic carbocycles. The number of hydrogen-bond acceptors (Lipinski definition) is 4. The summed E-state index contributed by atoms with van der Waals surface area (Å²) in [5, 5.41) is 8.10. The number of ether oxygens (including phenoxy) is 1. The van der Waals surface area contributed by atoms with Crippen LogP contribution in [-0.2, 0) is 32.7 Å². The minimum absolute atomic E-state index is 0.0465. The molecule has 0 amide bonds. The van der Waals surface area contributed by atoms with Gasteiger partial charge < -0.3 is 9.84 Å². The predicted octanol–water partition coefficient (Wildman–Crippen LogP) is -0.413. The van der Waals surface area contributed by atoms with Crippen molar-refractivity contribution in [2.24, 2.45) is 0 Å². The van der Waals surface area contributed by atoms with Crippen molar-refractivity contribution >= 4 is 5.97 Å². The number of carbonyl (C=O) groups is 1. The van der Waals surface area contributed by atoms with Gasteiger partial charge in [-0.1, -0.05) is 6.58 Å². The number of rotatable bonds is 3. The van der Waals surface area contributed by atoms with Gasteiger partial charge in [0, 0.05) is 6.08 Å². The van der Waals surface area contributed by atoms with Crippen molar-refractivity contribution in [2.75, 3.05) is 13.2 Å². The van der Waals surface area contributed by atoms with E-state index in [2.05, 4.69) is 11.3 Å². The minimum atomic E-state index is -0.501. The zero-order valence-electron chi connectivity index (χ0n) is 5.28. The molecule has 0 aliphatic rings. The zero-order chi connectivity index (χ0) is 8.41. The van der Waals surface area contributed by atoms with Gasteiger partial charge >= 0.3 is 29.1 Å². The second kappa shape index (κ2) is 11.5. The summed E-state index contributed by atoms with van der Waals surface area (Å²) in [5.41, 5.74) is 0. The van der Waals surface area contributed by atoms with Gasteiger partial charge in [0.1, 0.15) is 6.61 Å². The summed E-state index contributed by atoms with van der Waals surface area (Å²) in [6.07, 6.45) is 1.05. The second-order valence-corrected chi connectivity index (χ2v) is 1.10. The van der Waals surface area contributed by atoms with Crippen molar-refractivity contribution in [2.45, 2.75) is 0 Å². The third kappa shape index (κ3) is 10.6. The molecule has 5 heteroatoms. The number of aliphatic hydroxyl groups is 1. The van der Waals surface area contributed by atoms with Crippen LogP contribution in [-0.4, -0.2) is 24.3 Å². The summed E-state index contributed by atoms with van der Waals surface area (Å²) in [7, 11) is 0. The molecule has 0 aliphatic heterocycles. The summed E-state index contributed by atoms with van der Waals surface area (Å²) in [6, 6.07) is 0. The molecular formula is C5H8O4W. The molecule has 0 spiro atoms. The summed E-state index contributed by atoms with van der Waals surface area (Å²) in [6.45, 7) is 3.06. The monoisotopic (exact) mass is 316 g/mol. The molecule has 0 aromatic heterocycles. The Kier molecular flexibility index (Phi) is 14.1. The SMILES string of the molecule is C=CC(=O)OCCO.[O]=[W]. The van der Waals surface area contributed by atoms with E-state index in [1.807, 2.05) is 0 Å². The van der Waals surface area contributed by atoms with Crippen molar-refractivity contribution < 1.29 is 37.8 Å². The van der Waals surface area contributed by atoms with E-state index in [9.17, 15) is 4.79 Å². The first-order valence-corrected chi connectivity index (χ1v) is 3.57. The van der Waals surface area contributed by atoms with Crippen LogP contribution in [0.5, 0.6) is 0 Å². The zero-order valence-corrected chi connectivity index (χ0v) is 8.21. The van der Waals surface area contributed by atoms with E-state index in [4.69, 9.17) is 8.50 Å². The Labute approximate surface area is 70.1 Å². The van der Waals surface area contributed by atoms with Crippen LogP contribution < -0.4 is 0 Å². The third-order valence-electron chi connectivity index (χ3n) is 0.502. The molecule has 4 nitrogen and oxygen atoms in total. The van der Waals surface area contributed by atoms with Gasteiger partial charge in [0.25, 0.3) is 0 Å². The van der Waals surface area contributed by atoms with Crippen molar-refractivity contribution in [1.82, 2.24) is 0 Å².